The summed E-state index contributed by atoms with van der Waals surface area (Å²) in [5.41, 5.74) is 3.25. The second kappa shape index (κ2) is 26.7. The maximum absolute atomic E-state index is 14.7. The van der Waals surface area contributed by atoms with E-state index in [4.69, 9.17) is 0 Å². The lowest BCUT2D eigenvalue weighted by atomic mass is 9.92. The number of carbonyl (C=O) groups is 4. The number of hydrogen-bond donors (Lipinski definition) is 5. The number of benzene rings is 6. The Hall–Kier alpha value is -6.42. The van der Waals surface area contributed by atoms with Gasteiger partial charge in [0.05, 0.1) is 45.0 Å². The van der Waals surface area contributed by atoms with Crippen LogP contribution in [0.15, 0.2) is 146 Å². The van der Waals surface area contributed by atoms with Crippen LogP contribution in [0.25, 0.3) is 21.5 Å². The minimum atomic E-state index is -3.82. The van der Waals surface area contributed by atoms with Crippen LogP contribution < -0.4 is 21.3 Å². The van der Waals surface area contributed by atoms with Crippen LogP contribution in [-0.4, -0.2) is 96.8 Å². The molecule has 0 bridgehead atoms. The van der Waals surface area contributed by atoms with E-state index in [-0.39, 0.29) is 32.1 Å². The molecule has 0 spiro atoms. The fraction of sp³-hybridized carbons (Fsp3) is 0.438. The van der Waals surface area contributed by atoms with E-state index in [1.54, 1.807) is 69.2 Å². The molecule has 6 aromatic carbocycles. The van der Waals surface area contributed by atoms with Gasteiger partial charge in [-0.25, -0.2) is 16.8 Å². The van der Waals surface area contributed by atoms with Gasteiger partial charge in [0, 0.05) is 6.04 Å². The van der Waals surface area contributed by atoms with Crippen LogP contribution in [0.2, 0.25) is 0 Å². The second-order valence-corrected chi connectivity index (χ2v) is 29.4. The van der Waals surface area contributed by atoms with E-state index in [0.29, 0.717) is 0 Å². The molecule has 5 N–H and O–H groups in total. The van der Waals surface area contributed by atoms with Crippen molar-refractivity contribution in [3.8, 4) is 0 Å². The summed E-state index contributed by atoms with van der Waals surface area (Å²) >= 11 is 0. The van der Waals surface area contributed by atoms with Gasteiger partial charge in [-0.15, -0.1) is 0 Å². The van der Waals surface area contributed by atoms with Crippen molar-refractivity contribution in [3.63, 3.8) is 0 Å². The van der Waals surface area contributed by atoms with Gasteiger partial charge in [-0.2, -0.15) is 0 Å². The van der Waals surface area contributed by atoms with Gasteiger partial charge < -0.3 is 26.4 Å². The predicted octanol–water partition coefficient (Wildman–Crippen LogP) is 8.92. The van der Waals surface area contributed by atoms with Crippen LogP contribution in [0.1, 0.15) is 97.9 Å². The third-order valence-corrected chi connectivity index (χ3v) is 20.3. The molecule has 0 aromatic heterocycles. The molecule has 79 heavy (non-hydrogen) atoms. The number of amides is 4. The van der Waals surface area contributed by atoms with E-state index in [0.717, 1.165) is 43.8 Å². The summed E-state index contributed by atoms with van der Waals surface area (Å²) in [5, 5.41) is 28.2. The van der Waals surface area contributed by atoms with Gasteiger partial charge in [0.25, 0.3) is 0 Å². The Morgan fingerprint density at radius 3 is 1.22 bits per heavy atom. The topological polar surface area (TPSA) is 205 Å². The van der Waals surface area contributed by atoms with E-state index >= 15 is 0 Å². The molecule has 424 valence electrons. The minimum absolute atomic E-state index is 0.0544. The first kappa shape index (κ1) is 61.8. The molecule has 13 nitrogen and oxygen atoms in total. The lowest BCUT2D eigenvalue weighted by Gasteiger charge is -2.32. The van der Waals surface area contributed by atoms with Crippen LogP contribution in [0, 0.1) is 23.7 Å². The quantitative estimate of drug-likeness (QED) is 0.0371. The van der Waals surface area contributed by atoms with Gasteiger partial charge >= 0.3 is 0 Å². The molecule has 0 aliphatic heterocycles. The first-order valence-electron chi connectivity index (χ1n) is 27.5. The number of carbonyl (C=O) groups excluding carboxylic acids is 4. The van der Waals surface area contributed by atoms with Gasteiger partial charge in [0.15, 0.2) is 19.7 Å². The number of nitrogens with one attached hydrogen (secondary N) is 4. The van der Waals surface area contributed by atoms with Crippen molar-refractivity contribution >= 4 is 64.8 Å². The van der Waals surface area contributed by atoms with Gasteiger partial charge in [-0.1, -0.05) is 173 Å². The fourth-order valence-electron chi connectivity index (χ4n) is 9.83. The average molecular weight is 1120 g/mol. The highest BCUT2D eigenvalue weighted by atomic mass is 32.2. The molecule has 0 unspecified atom stereocenters. The summed E-state index contributed by atoms with van der Waals surface area (Å²) < 4.78 is 52.9. The smallest absolute Gasteiger partial charge is 0.243 e. The molecule has 7 atom stereocenters. The Bertz CT molecular complexity index is 3250. The number of sulfone groups is 2. The number of rotatable bonds is 25. The van der Waals surface area contributed by atoms with E-state index in [1.165, 1.54) is 0 Å². The molecule has 0 radical (unpaired) electrons. The van der Waals surface area contributed by atoms with Crippen molar-refractivity contribution in [1.82, 2.24) is 21.3 Å². The number of aliphatic hydroxyl groups excluding tert-OH is 1. The standard InChI is InChI=1S/C64H82N4O9S2/c1-42(2)57(67-59(70)50(40-78(74,75)63(5,6)7)37-48-31-21-29-46-27-17-19-33-53(46)48)61(72)65-52(35-44-23-13-11-14-24-44)39-56(69)55(36-45-25-15-12-16-26-45)66-62(73)58(43(3)4)68-60(71)51(41-79(76,77)64(8,9)10)38-49-32-22-30-47-28-18-20-34-54(47)49/h11-34,42-43,50-52,55-58,69H,35-41H2,1-10H3,(H,65,72)(H,66,73)(H,67,70)(H,68,71)/t50-,51+,52-,55-,56-,57-,58-/m0/s1. The molecular weight excluding hydrogens is 1030 g/mol. The molecule has 0 aliphatic rings. The van der Waals surface area contributed by atoms with Crippen LogP contribution in [0.3, 0.4) is 0 Å². The van der Waals surface area contributed by atoms with Crippen molar-refractivity contribution in [2.75, 3.05) is 11.5 Å². The predicted molar refractivity (Wildman–Crippen MR) is 318 cm³/mol. The Kier molecular flexibility index (Phi) is 20.9. The SMILES string of the molecule is CC(C)[C@H](NC(=O)[C@@H](Cc1cccc2ccccc12)CS(=O)(=O)C(C)(C)C)C(=O)N[C@@H](Cc1ccccc1)C[C@H](O)[C@H](Cc1ccccc1)NC(=O)[C@@H](NC(=O)[C@H](Cc1cccc2ccccc12)CS(=O)(=O)C(C)(C)C)C(C)C. The first-order valence-corrected chi connectivity index (χ1v) is 30.8. The zero-order valence-electron chi connectivity index (χ0n) is 47.5. The molecule has 0 aliphatic carbocycles. The van der Waals surface area contributed by atoms with E-state index in [1.807, 2.05) is 146 Å². The summed E-state index contributed by atoms with van der Waals surface area (Å²) in [4.78, 5) is 58.6. The van der Waals surface area contributed by atoms with Crippen molar-refractivity contribution in [2.24, 2.45) is 23.7 Å². The first-order chi connectivity index (χ1) is 37.1. The van der Waals surface area contributed by atoms with Gasteiger partial charge in [-0.3, -0.25) is 19.2 Å². The van der Waals surface area contributed by atoms with Gasteiger partial charge in [0.1, 0.15) is 12.1 Å². The van der Waals surface area contributed by atoms with Crippen LogP contribution >= 0.6 is 0 Å². The number of aliphatic hydroxyl groups is 1. The maximum Gasteiger partial charge on any atom is 0.243 e. The van der Waals surface area contributed by atoms with Gasteiger partial charge in [0.2, 0.25) is 23.6 Å². The van der Waals surface area contributed by atoms with Crippen molar-refractivity contribution in [1.29, 1.82) is 0 Å². The zero-order valence-corrected chi connectivity index (χ0v) is 49.2. The minimum Gasteiger partial charge on any atom is -0.391 e. The summed E-state index contributed by atoms with van der Waals surface area (Å²) in [5.74, 6) is -6.19. The summed E-state index contributed by atoms with van der Waals surface area (Å²) in [6.07, 6.45) is -0.684. The summed E-state index contributed by atoms with van der Waals surface area (Å²) in [6.45, 7) is 16.8. The van der Waals surface area contributed by atoms with Crippen molar-refractivity contribution < 1.29 is 41.1 Å². The molecule has 0 fully saturated rings. The molecule has 0 saturated heterocycles. The maximum atomic E-state index is 14.7. The van der Waals surface area contributed by atoms with E-state index in [2.05, 4.69) is 21.3 Å². The lowest BCUT2D eigenvalue weighted by molar-refractivity contribution is -0.132. The highest BCUT2D eigenvalue weighted by Gasteiger charge is 2.39. The van der Waals surface area contributed by atoms with Crippen LogP contribution in [0.4, 0.5) is 0 Å². The molecule has 0 saturated carbocycles. The monoisotopic (exact) mass is 1110 g/mol. The number of fused-ring (bicyclic) bond motifs is 2. The van der Waals surface area contributed by atoms with E-state index < -0.39 is 118 Å². The fourth-order valence-corrected chi connectivity index (χ4v) is 12.4. The average Bonchev–Trinajstić information content (AvgIpc) is 3.39. The Labute approximate surface area is 469 Å². The molecule has 6 rings (SSSR count). The summed E-state index contributed by atoms with van der Waals surface area (Å²) in [7, 11) is -7.63. The highest BCUT2D eigenvalue weighted by molar-refractivity contribution is 7.93. The lowest BCUT2D eigenvalue weighted by Crippen LogP contribution is -2.57. The third kappa shape index (κ3) is 16.8. The Morgan fingerprint density at radius 2 is 0.810 bits per heavy atom. The Morgan fingerprint density at radius 1 is 0.443 bits per heavy atom. The largest absolute Gasteiger partial charge is 0.391 e. The Balaban J connectivity index is 1.26. The second-order valence-electron chi connectivity index (χ2n) is 23.8. The van der Waals surface area contributed by atoms with Crippen LogP contribution in [0.5, 0.6) is 0 Å². The molecular formula is C64H82N4O9S2. The van der Waals surface area contributed by atoms with Crippen LogP contribution in [-0.2, 0) is 64.5 Å². The van der Waals surface area contributed by atoms with Crippen molar-refractivity contribution in [3.05, 3.63) is 168 Å². The number of hydrogen-bond acceptors (Lipinski definition) is 9. The molecule has 15 heteroatoms. The van der Waals surface area contributed by atoms with Gasteiger partial charge in [-0.05, 0) is 129 Å². The molecule has 4 amide bonds. The molecule has 0 heterocycles. The normalized spacial score (nSPS) is 15.2. The van der Waals surface area contributed by atoms with Crippen molar-refractivity contribution in [2.45, 2.75) is 141 Å². The molecule has 6 aromatic rings. The zero-order chi connectivity index (χ0) is 57.9. The summed E-state index contributed by atoms with van der Waals surface area (Å²) in [6, 6.07) is 41.6. The third-order valence-electron chi connectivity index (χ3n) is 14.9. The highest BCUT2D eigenvalue weighted by Crippen LogP contribution is 2.28. The van der Waals surface area contributed by atoms with E-state index in [9.17, 15) is 41.1 Å².